The summed E-state index contributed by atoms with van der Waals surface area (Å²) in [5.74, 6) is 1.47. The summed E-state index contributed by atoms with van der Waals surface area (Å²) in [6, 6.07) is 6.71. The standard InChI is InChI=1S/C21H37N3/c1-17(2)15-23(16-18(3)4)11-7-8-19-9-10-21(20(22)14-19)24-12-5-6-13-24/h9-10,14,17-18H,5-8,11-13,15-16,22H2,1-4H3. The number of nitrogens with two attached hydrogens (primary N) is 1. The largest absolute Gasteiger partial charge is 0.397 e. The van der Waals surface area contributed by atoms with Crippen molar-refractivity contribution in [2.75, 3.05) is 43.4 Å². The van der Waals surface area contributed by atoms with Gasteiger partial charge in [0.05, 0.1) is 11.4 Å². The zero-order chi connectivity index (χ0) is 17.5. The van der Waals surface area contributed by atoms with Crippen LogP contribution in [0.25, 0.3) is 0 Å². The molecule has 0 saturated carbocycles. The van der Waals surface area contributed by atoms with Crippen LogP contribution in [0.3, 0.4) is 0 Å². The molecule has 1 saturated heterocycles. The van der Waals surface area contributed by atoms with Gasteiger partial charge in [-0.15, -0.1) is 0 Å². The molecule has 0 radical (unpaired) electrons. The lowest BCUT2D eigenvalue weighted by Crippen LogP contribution is -2.32. The molecule has 3 heteroatoms. The summed E-state index contributed by atoms with van der Waals surface area (Å²) in [6.45, 7) is 15.1. The molecular formula is C21H37N3. The highest BCUT2D eigenvalue weighted by molar-refractivity contribution is 5.68. The van der Waals surface area contributed by atoms with Crippen molar-refractivity contribution in [1.82, 2.24) is 4.90 Å². The molecule has 3 nitrogen and oxygen atoms in total. The van der Waals surface area contributed by atoms with Gasteiger partial charge in [-0.25, -0.2) is 0 Å². The maximum atomic E-state index is 6.31. The fourth-order valence-electron chi connectivity index (χ4n) is 3.80. The van der Waals surface area contributed by atoms with E-state index in [1.165, 1.54) is 50.1 Å². The van der Waals surface area contributed by atoms with E-state index < -0.39 is 0 Å². The second-order valence-electron chi connectivity index (χ2n) is 8.24. The van der Waals surface area contributed by atoms with Gasteiger partial charge in [0.2, 0.25) is 0 Å². The molecule has 1 aromatic carbocycles. The molecule has 2 rings (SSSR count). The molecule has 1 aromatic rings. The summed E-state index contributed by atoms with van der Waals surface area (Å²) in [5.41, 5.74) is 9.88. The van der Waals surface area contributed by atoms with E-state index >= 15 is 0 Å². The van der Waals surface area contributed by atoms with E-state index in [9.17, 15) is 0 Å². The van der Waals surface area contributed by atoms with Crippen LogP contribution < -0.4 is 10.6 Å². The zero-order valence-electron chi connectivity index (χ0n) is 16.2. The third kappa shape index (κ3) is 6.01. The van der Waals surface area contributed by atoms with Crippen molar-refractivity contribution >= 4 is 11.4 Å². The molecule has 1 fully saturated rings. The highest BCUT2D eigenvalue weighted by Gasteiger charge is 2.15. The molecule has 24 heavy (non-hydrogen) atoms. The molecule has 1 aliphatic rings. The van der Waals surface area contributed by atoms with Crippen LogP contribution in [-0.4, -0.2) is 37.6 Å². The van der Waals surface area contributed by atoms with Crippen molar-refractivity contribution in [3.8, 4) is 0 Å². The molecule has 1 aliphatic heterocycles. The number of hydrogen-bond acceptors (Lipinski definition) is 3. The van der Waals surface area contributed by atoms with Crippen molar-refractivity contribution in [3.05, 3.63) is 23.8 Å². The number of nitrogens with zero attached hydrogens (tertiary/aromatic N) is 2. The Labute approximate surface area is 149 Å². The summed E-state index contributed by atoms with van der Waals surface area (Å²) in [5, 5.41) is 0. The minimum Gasteiger partial charge on any atom is -0.397 e. The minimum atomic E-state index is 0.735. The zero-order valence-corrected chi connectivity index (χ0v) is 16.2. The Kier molecular flexibility index (Phi) is 7.41. The van der Waals surface area contributed by atoms with Gasteiger partial charge in [-0.3, -0.25) is 0 Å². The molecule has 136 valence electrons. The van der Waals surface area contributed by atoms with E-state index in [0.717, 1.165) is 37.0 Å². The van der Waals surface area contributed by atoms with Crippen molar-refractivity contribution in [1.29, 1.82) is 0 Å². The normalized spacial score (nSPS) is 15.2. The van der Waals surface area contributed by atoms with Crippen LogP contribution in [0, 0.1) is 11.8 Å². The van der Waals surface area contributed by atoms with Crippen molar-refractivity contribution in [2.45, 2.75) is 53.4 Å². The average molecular weight is 332 g/mol. The fraction of sp³-hybridized carbons (Fsp3) is 0.714. The Bertz CT molecular complexity index is 480. The minimum absolute atomic E-state index is 0.735. The maximum absolute atomic E-state index is 6.31. The van der Waals surface area contributed by atoms with E-state index in [0.29, 0.717) is 0 Å². The topological polar surface area (TPSA) is 32.5 Å². The van der Waals surface area contributed by atoms with E-state index in [1.807, 2.05) is 0 Å². The Hall–Kier alpha value is -1.22. The van der Waals surface area contributed by atoms with Crippen molar-refractivity contribution in [2.24, 2.45) is 11.8 Å². The van der Waals surface area contributed by atoms with Crippen LogP contribution in [0.5, 0.6) is 0 Å². The summed E-state index contributed by atoms with van der Waals surface area (Å²) in [4.78, 5) is 5.05. The molecule has 1 heterocycles. The first-order valence-electron chi connectivity index (χ1n) is 9.81. The quantitative estimate of drug-likeness (QED) is 0.680. The number of anilines is 2. The molecule has 0 atom stereocenters. The first-order chi connectivity index (χ1) is 11.5. The summed E-state index contributed by atoms with van der Waals surface area (Å²) in [6.07, 6.45) is 4.92. The molecule has 0 spiro atoms. The van der Waals surface area contributed by atoms with Gasteiger partial charge >= 0.3 is 0 Å². The van der Waals surface area contributed by atoms with Crippen LogP contribution in [-0.2, 0) is 6.42 Å². The van der Waals surface area contributed by atoms with Gasteiger partial charge in [0.1, 0.15) is 0 Å². The van der Waals surface area contributed by atoms with Crippen LogP contribution >= 0.6 is 0 Å². The highest BCUT2D eigenvalue weighted by Crippen LogP contribution is 2.28. The van der Waals surface area contributed by atoms with Crippen LogP contribution in [0.4, 0.5) is 11.4 Å². The molecule has 0 bridgehead atoms. The molecular weight excluding hydrogens is 294 g/mol. The number of hydrogen-bond donors (Lipinski definition) is 1. The third-order valence-electron chi connectivity index (χ3n) is 4.73. The third-order valence-corrected chi connectivity index (χ3v) is 4.73. The second-order valence-corrected chi connectivity index (χ2v) is 8.24. The number of rotatable bonds is 9. The van der Waals surface area contributed by atoms with E-state index in [4.69, 9.17) is 5.73 Å². The van der Waals surface area contributed by atoms with E-state index in [2.05, 4.69) is 55.7 Å². The number of aryl methyl sites for hydroxylation is 1. The summed E-state index contributed by atoms with van der Waals surface area (Å²) >= 11 is 0. The van der Waals surface area contributed by atoms with Gasteiger partial charge in [0.15, 0.2) is 0 Å². The molecule has 2 N–H and O–H groups in total. The number of benzene rings is 1. The Morgan fingerprint density at radius 1 is 1.04 bits per heavy atom. The van der Waals surface area contributed by atoms with Crippen molar-refractivity contribution in [3.63, 3.8) is 0 Å². The van der Waals surface area contributed by atoms with Crippen molar-refractivity contribution < 1.29 is 0 Å². The molecule has 0 unspecified atom stereocenters. The smallest absolute Gasteiger partial charge is 0.0600 e. The average Bonchev–Trinajstić information content (AvgIpc) is 3.00. The predicted octanol–water partition coefficient (Wildman–Crippen LogP) is 4.42. The summed E-state index contributed by atoms with van der Waals surface area (Å²) in [7, 11) is 0. The van der Waals surface area contributed by atoms with Gasteiger partial charge in [-0.2, -0.15) is 0 Å². The fourth-order valence-corrected chi connectivity index (χ4v) is 3.80. The first kappa shape index (κ1) is 19.1. The van der Waals surface area contributed by atoms with Gasteiger partial charge in [0, 0.05) is 26.2 Å². The van der Waals surface area contributed by atoms with E-state index in [1.54, 1.807) is 0 Å². The highest BCUT2D eigenvalue weighted by atomic mass is 15.2. The van der Waals surface area contributed by atoms with Crippen LogP contribution in [0.2, 0.25) is 0 Å². The summed E-state index contributed by atoms with van der Waals surface area (Å²) < 4.78 is 0. The molecule has 0 aromatic heterocycles. The SMILES string of the molecule is CC(C)CN(CCCc1ccc(N2CCCC2)c(N)c1)CC(C)C. The van der Waals surface area contributed by atoms with Gasteiger partial charge < -0.3 is 15.5 Å². The monoisotopic (exact) mass is 331 g/mol. The Morgan fingerprint density at radius 2 is 1.67 bits per heavy atom. The van der Waals surface area contributed by atoms with Gasteiger partial charge in [-0.1, -0.05) is 33.8 Å². The lowest BCUT2D eigenvalue weighted by atomic mass is 10.1. The molecule has 0 aliphatic carbocycles. The van der Waals surface area contributed by atoms with Crippen LogP contribution in [0.1, 0.15) is 52.5 Å². The van der Waals surface area contributed by atoms with Gasteiger partial charge in [-0.05, 0) is 61.8 Å². The Balaban J connectivity index is 1.85. The lowest BCUT2D eigenvalue weighted by molar-refractivity contribution is 0.217. The van der Waals surface area contributed by atoms with E-state index in [-0.39, 0.29) is 0 Å². The molecule has 0 amide bonds. The second kappa shape index (κ2) is 9.31. The van der Waals surface area contributed by atoms with Gasteiger partial charge in [0.25, 0.3) is 0 Å². The maximum Gasteiger partial charge on any atom is 0.0600 e. The Morgan fingerprint density at radius 3 is 2.21 bits per heavy atom. The first-order valence-corrected chi connectivity index (χ1v) is 9.81. The predicted molar refractivity (Wildman–Crippen MR) is 107 cm³/mol. The lowest BCUT2D eigenvalue weighted by Gasteiger charge is -2.26. The van der Waals surface area contributed by atoms with Crippen LogP contribution in [0.15, 0.2) is 18.2 Å². The number of nitrogen functional groups attached to an aromatic ring is 1.